The summed E-state index contributed by atoms with van der Waals surface area (Å²) in [4.78, 5) is 4.19. The molecule has 5 nitrogen and oxygen atoms in total. The molecule has 2 rings (SSSR count). The molecule has 0 atom stereocenters. The quantitative estimate of drug-likeness (QED) is 0.309. The monoisotopic (exact) mass is 551 g/mol. The van der Waals surface area contributed by atoms with Crippen LogP contribution in [0.3, 0.4) is 0 Å². The average molecular weight is 552 g/mol. The Hall–Kier alpha value is -1.55. The number of nitrogens with one attached hydrogen (secondary N) is 2. The van der Waals surface area contributed by atoms with E-state index in [1.54, 1.807) is 33.4 Å². The SMILES string of the molecule is CN=C(NCCc1cc(Br)ccc1F)NCc1ccc(OC)c(OC)c1.I. The number of hydrogen-bond acceptors (Lipinski definition) is 3. The van der Waals surface area contributed by atoms with Gasteiger partial charge in [0.15, 0.2) is 17.5 Å². The van der Waals surface area contributed by atoms with E-state index in [4.69, 9.17) is 9.47 Å². The first-order valence-electron chi connectivity index (χ1n) is 8.16. The third-order valence-corrected chi connectivity index (χ3v) is 4.32. The number of halogens is 3. The molecule has 0 aliphatic carbocycles. The van der Waals surface area contributed by atoms with Crippen LogP contribution in [0.15, 0.2) is 45.9 Å². The Morgan fingerprint density at radius 3 is 2.48 bits per heavy atom. The number of nitrogens with zero attached hydrogens (tertiary/aromatic N) is 1. The number of aliphatic imine (C=N–C) groups is 1. The number of hydrogen-bond donors (Lipinski definition) is 2. The van der Waals surface area contributed by atoms with Gasteiger partial charge in [0.25, 0.3) is 0 Å². The predicted octanol–water partition coefficient (Wildman–Crippen LogP) is 4.13. The second kappa shape index (κ2) is 12.0. The van der Waals surface area contributed by atoms with E-state index in [1.807, 2.05) is 18.2 Å². The standard InChI is InChI=1S/C19H23BrFN3O2.HI/c1-22-19(23-9-8-14-11-15(20)5-6-16(14)21)24-12-13-4-7-17(25-2)18(10-13)26-3;/h4-7,10-11H,8-9,12H2,1-3H3,(H2,22,23,24);1H. The zero-order chi connectivity index (χ0) is 18.9. The van der Waals surface area contributed by atoms with Gasteiger partial charge in [0.1, 0.15) is 5.82 Å². The van der Waals surface area contributed by atoms with Crippen molar-refractivity contribution in [1.82, 2.24) is 10.6 Å². The molecule has 0 fully saturated rings. The summed E-state index contributed by atoms with van der Waals surface area (Å²) in [5.41, 5.74) is 1.69. The van der Waals surface area contributed by atoms with Crippen LogP contribution in [-0.2, 0) is 13.0 Å². The Kier molecular flexibility index (Phi) is 10.5. The highest BCUT2D eigenvalue weighted by Gasteiger charge is 2.06. The Bertz CT molecular complexity index is 775. The van der Waals surface area contributed by atoms with Gasteiger partial charge in [-0.15, -0.1) is 24.0 Å². The van der Waals surface area contributed by atoms with Crippen LogP contribution in [0, 0.1) is 5.82 Å². The minimum atomic E-state index is -0.205. The molecular formula is C19H24BrFIN3O2. The first-order chi connectivity index (χ1) is 12.6. The summed E-state index contributed by atoms with van der Waals surface area (Å²) in [5, 5.41) is 6.41. The van der Waals surface area contributed by atoms with Crippen molar-refractivity contribution < 1.29 is 13.9 Å². The fraction of sp³-hybridized carbons (Fsp3) is 0.316. The number of guanidine groups is 1. The van der Waals surface area contributed by atoms with Crippen molar-refractivity contribution >= 4 is 45.9 Å². The van der Waals surface area contributed by atoms with Gasteiger partial charge in [-0.05, 0) is 47.9 Å². The Balaban J connectivity index is 0.00000364. The topological polar surface area (TPSA) is 54.9 Å². The van der Waals surface area contributed by atoms with Crippen LogP contribution in [0.4, 0.5) is 4.39 Å². The molecule has 0 spiro atoms. The molecule has 0 aliphatic rings. The van der Waals surface area contributed by atoms with Crippen molar-refractivity contribution in [2.24, 2.45) is 4.99 Å². The molecule has 0 bridgehead atoms. The molecule has 0 amide bonds. The summed E-state index contributed by atoms with van der Waals surface area (Å²) in [6, 6.07) is 10.7. The lowest BCUT2D eigenvalue weighted by molar-refractivity contribution is 0.354. The summed E-state index contributed by atoms with van der Waals surface area (Å²) in [5.74, 6) is 1.81. The van der Waals surface area contributed by atoms with Crippen LogP contribution in [-0.4, -0.2) is 33.8 Å². The van der Waals surface area contributed by atoms with Crippen LogP contribution >= 0.6 is 39.9 Å². The Morgan fingerprint density at radius 2 is 1.81 bits per heavy atom. The lowest BCUT2D eigenvalue weighted by Gasteiger charge is -2.14. The fourth-order valence-electron chi connectivity index (χ4n) is 2.45. The number of methoxy groups -OCH3 is 2. The van der Waals surface area contributed by atoms with Gasteiger partial charge in [-0.2, -0.15) is 0 Å². The van der Waals surface area contributed by atoms with E-state index in [0.29, 0.717) is 42.5 Å². The zero-order valence-electron chi connectivity index (χ0n) is 15.5. The van der Waals surface area contributed by atoms with E-state index in [0.717, 1.165) is 10.0 Å². The Labute approximate surface area is 184 Å². The molecule has 27 heavy (non-hydrogen) atoms. The minimum absolute atomic E-state index is 0. The molecule has 8 heteroatoms. The highest BCUT2D eigenvalue weighted by atomic mass is 127. The van der Waals surface area contributed by atoms with Gasteiger partial charge in [0.05, 0.1) is 14.2 Å². The highest BCUT2D eigenvalue weighted by Crippen LogP contribution is 2.27. The second-order valence-corrected chi connectivity index (χ2v) is 6.44. The van der Waals surface area contributed by atoms with E-state index in [2.05, 4.69) is 31.6 Å². The Morgan fingerprint density at radius 1 is 1.07 bits per heavy atom. The second-order valence-electron chi connectivity index (χ2n) is 5.53. The minimum Gasteiger partial charge on any atom is -0.493 e. The van der Waals surface area contributed by atoms with Gasteiger partial charge in [-0.1, -0.05) is 22.0 Å². The molecule has 0 saturated carbocycles. The number of ether oxygens (including phenoxy) is 2. The van der Waals surface area contributed by atoms with Crippen molar-refractivity contribution in [2.45, 2.75) is 13.0 Å². The van der Waals surface area contributed by atoms with Crippen LogP contribution in [0.25, 0.3) is 0 Å². The molecule has 0 aliphatic heterocycles. The molecule has 0 heterocycles. The molecular weight excluding hydrogens is 528 g/mol. The summed E-state index contributed by atoms with van der Waals surface area (Å²) >= 11 is 3.36. The lowest BCUT2D eigenvalue weighted by Crippen LogP contribution is -2.37. The van der Waals surface area contributed by atoms with E-state index in [-0.39, 0.29) is 29.8 Å². The summed E-state index contributed by atoms with van der Waals surface area (Å²) in [7, 11) is 4.91. The normalized spacial score (nSPS) is 10.8. The molecule has 0 saturated heterocycles. The highest BCUT2D eigenvalue weighted by molar-refractivity contribution is 14.0. The van der Waals surface area contributed by atoms with Crippen molar-refractivity contribution in [3.63, 3.8) is 0 Å². The summed E-state index contributed by atoms with van der Waals surface area (Å²) in [6.45, 7) is 1.14. The molecule has 0 aromatic heterocycles. The largest absolute Gasteiger partial charge is 0.493 e. The number of rotatable bonds is 7. The third-order valence-electron chi connectivity index (χ3n) is 3.83. The molecule has 0 unspecified atom stereocenters. The van der Waals surface area contributed by atoms with Crippen molar-refractivity contribution in [3.8, 4) is 11.5 Å². The molecule has 2 aromatic carbocycles. The average Bonchev–Trinajstić information content (AvgIpc) is 2.66. The third kappa shape index (κ3) is 7.17. The molecule has 148 valence electrons. The van der Waals surface area contributed by atoms with E-state index in [9.17, 15) is 4.39 Å². The van der Waals surface area contributed by atoms with Crippen molar-refractivity contribution in [2.75, 3.05) is 27.8 Å². The van der Waals surface area contributed by atoms with Gasteiger partial charge in [0.2, 0.25) is 0 Å². The molecule has 2 aromatic rings. The van der Waals surface area contributed by atoms with E-state index >= 15 is 0 Å². The van der Waals surface area contributed by atoms with Crippen LogP contribution in [0.5, 0.6) is 11.5 Å². The van der Waals surface area contributed by atoms with Crippen LogP contribution in [0.1, 0.15) is 11.1 Å². The van der Waals surface area contributed by atoms with Gasteiger partial charge >= 0.3 is 0 Å². The summed E-state index contributed by atoms with van der Waals surface area (Å²) < 4.78 is 25.2. The van der Waals surface area contributed by atoms with E-state index < -0.39 is 0 Å². The first kappa shape index (κ1) is 23.5. The molecule has 2 N–H and O–H groups in total. The van der Waals surface area contributed by atoms with Gasteiger partial charge in [-0.3, -0.25) is 4.99 Å². The number of benzene rings is 2. The van der Waals surface area contributed by atoms with Crippen LogP contribution in [0.2, 0.25) is 0 Å². The smallest absolute Gasteiger partial charge is 0.191 e. The van der Waals surface area contributed by atoms with Crippen molar-refractivity contribution in [1.29, 1.82) is 0 Å². The maximum Gasteiger partial charge on any atom is 0.191 e. The fourth-order valence-corrected chi connectivity index (χ4v) is 2.86. The van der Waals surface area contributed by atoms with Gasteiger partial charge in [0, 0.05) is 24.6 Å². The summed E-state index contributed by atoms with van der Waals surface area (Å²) in [6.07, 6.45) is 0.558. The first-order valence-corrected chi connectivity index (χ1v) is 8.96. The molecule has 0 radical (unpaired) electrons. The van der Waals surface area contributed by atoms with E-state index in [1.165, 1.54) is 6.07 Å². The predicted molar refractivity (Wildman–Crippen MR) is 121 cm³/mol. The van der Waals surface area contributed by atoms with Crippen LogP contribution < -0.4 is 20.1 Å². The van der Waals surface area contributed by atoms with Gasteiger partial charge < -0.3 is 20.1 Å². The zero-order valence-corrected chi connectivity index (χ0v) is 19.4. The maximum atomic E-state index is 13.8. The van der Waals surface area contributed by atoms with Crippen molar-refractivity contribution in [3.05, 3.63) is 57.8 Å². The lowest BCUT2D eigenvalue weighted by atomic mass is 10.1. The van der Waals surface area contributed by atoms with Gasteiger partial charge in [-0.25, -0.2) is 4.39 Å². The maximum absolute atomic E-state index is 13.8.